The van der Waals surface area contributed by atoms with Crippen molar-refractivity contribution in [3.8, 4) is 0 Å². The van der Waals surface area contributed by atoms with Crippen molar-refractivity contribution in [1.82, 2.24) is 20.4 Å². The first-order valence-electron chi connectivity index (χ1n) is 5.96. The summed E-state index contributed by atoms with van der Waals surface area (Å²) in [5, 5.41) is 9.34. The molecule has 0 atom stereocenters. The third-order valence-corrected chi connectivity index (χ3v) is 2.81. The van der Waals surface area contributed by atoms with Crippen LogP contribution in [0.5, 0.6) is 0 Å². The predicted octanol–water partition coefficient (Wildman–Crippen LogP) is -0.259. The maximum atomic E-state index is 12.0. The Morgan fingerprint density at radius 1 is 1.25 bits per heavy atom. The molecule has 2 N–H and O–H groups in total. The molecule has 0 bridgehead atoms. The van der Waals surface area contributed by atoms with Gasteiger partial charge in [-0.1, -0.05) is 18.2 Å². The number of nitrogens with one attached hydrogen (secondary N) is 2. The maximum absolute atomic E-state index is 12.0. The summed E-state index contributed by atoms with van der Waals surface area (Å²) < 4.78 is 0. The summed E-state index contributed by atoms with van der Waals surface area (Å²) in [6.45, 7) is -0.124. The molecule has 1 aromatic carbocycles. The lowest BCUT2D eigenvalue weighted by atomic mass is 10.1. The fourth-order valence-corrected chi connectivity index (χ4v) is 1.69. The second kappa shape index (κ2) is 5.52. The first-order chi connectivity index (χ1) is 9.50. The first-order valence-corrected chi connectivity index (χ1v) is 5.96. The van der Waals surface area contributed by atoms with Crippen molar-refractivity contribution in [2.24, 2.45) is 0 Å². The van der Waals surface area contributed by atoms with Crippen LogP contribution in [0.2, 0.25) is 0 Å². The molecule has 2 amide bonds. The van der Waals surface area contributed by atoms with Crippen LogP contribution in [-0.2, 0) is 4.79 Å². The Bertz CT molecular complexity index is 721. The number of aromatic nitrogens is 2. The Kier molecular flexibility index (Phi) is 3.79. The smallest absolute Gasteiger partial charge is 0.272 e. The number of likely N-dealkylation sites (N-methyl/N-ethyl adjacent to an activating group) is 1. The molecule has 104 valence electrons. The summed E-state index contributed by atoms with van der Waals surface area (Å²) in [7, 11) is 3.20. The monoisotopic (exact) mass is 274 g/mol. The van der Waals surface area contributed by atoms with E-state index < -0.39 is 5.91 Å². The van der Waals surface area contributed by atoms with E-state index in [0.717, 1.165) is 0 Å². The Balaban J connectivity index is 2.29. The molecule has 1 aromatic heterocycles. The minimum absolute atomic E-state index is 0.0896. The van der Waals surface area contributed by atoms with E-state index in [4.69, 9.17) is 0 Å². The predicted molar refractivity (Wildman–Crippen MR) is 73.4 cm³/mol. The average molecular weight is 274 g/mol. The Morgan fingerprint density at radius 2 is 1.90 bits per heavy atom. The second-order valence-electron chi connectivity index (χ2n) is 4.42. The molecule has 0 radical (unpaired) electrons. The first kappa shape index (κ1) is 13.7. The number of rotatable bonds is 3. The van der Waals surface area contributed by atoms with Gasteiger partial charge in [-0.05, 0) is 6.07 Å². The van der Waals surface area contributed by atoms with Gasteiger partial charge in [-0.15, -0.1) is 0 Å². The molecule has 0 aliphatic heterocycles. The van der Waals surface area contributed by atoms with E-state index in [1.54, 1.807) is 38.4 Å². The number of fused-ring (bicyclic) bond motifs is 1. The molecule has 0 spiro atoms. The minimum Gasteiger partial charge on any atom is -0.347 e. The lowest BCUT2D eigenvalue weighted by Crippen LogP contribution is -2.37. The fourth-order valence-electron chi connectivity index (χ4n) is 1.69. The van der Waals surface area contributed by atoms with Crippen molar-refractivity contribution in [3.63, 3.8) is 0 Å². The van der Waals surface area contributed by atoms with Gasteiger partial charge in [0.15, 0.2) is 5.69 Å². The number of nitrogens with zero attached hydrogens (tertiary/aromatic N) is 2. The normalized spacial score (nSPS) is 10.3. The van der Waals surface area contributed by atoms with E-state index in [-0.39, 0.29) is 23.7 Å². The Morgan fingerprint density at radius 3 is 2.55 bits per heavy atom. The molecule has 1 heterocycles. The molecule has 0 saturated heterocycles. The van der Waals surface area contributed by atoms with Gasteiger partial charge in [0, 0.05) is 19.5 Å². The van der Waals surface area contributed by atoms with Crippen LogP contribution in [-0.4, -0.2) is 47.6 Å². The van der Waals surface area contributed by atoms with Crippen molar-refractivity contribution in [2.45, 2.75) is 0 Å². The zero-order valence-corrected chi connectivity index (χ0v) is 11.1. The molecule has 2 aromatic rings. The van der Waals surface area contributed by atoms with Gasteiger partial charge in [-0.25, -0.2) is 5.10 Å². The average Bonchev–Trinajstić information content (AvgIpc) is 2.45. The highest BCUT2D eigenvalue weighted by atomic mass is 16.2. The lowest BCUT2D eigenvalue weighted by molar-refractivity contribution is -0.127. The van der Waals surface area contributed by atoms with Crippen LogP contribution < -0.4 is 10.9 Å². The van der Waals surface area contributed by atoms with Crippen molar-refractivity contribution in [3.05, 3.63) is 40.3 Å². The van der Waals surface area contributed by atoms with Crippen LogP contribution in [0.15, 0.2) is 29.1 Å². The topological polar surface area (TPSA) is 95.2 Å². The van der Waals surface area contributed by atoms with Crippen molar-refractivity contribution < 1.29 is 9.59 Å². The van der Waals surface area contributed by atoms with Crippen molar-refractivity contribution >= 4 is 22.6 Å². The summed E-state index contributed by atoms with van der Waals surface area (Å²) in [6, 6.07) is 6.66. The zero-order chi connectivity index (χ0) is 14.7. The standard InChI is InChI=1S/C13H14N4O3/c1-17(2)10(18)7-14-13(20)11-8-5-3-4-6-9(8)12(19)16-15-11/h3-6H,7H2,1-2H3,(H,14,20)(H,16,19). The third kappa shape index (κ3) is 2.66. The molecule has 0 aliphatic carbocycles. The van der Waals surface area contributed by atoms with Gasteiger partial charge in [-0.2, -0.15) is 5.10 Å². The largest absolute Gasteiger partial charge is 0.347 e. The third-order valence-electron chi connectivity index (χ3n) is 2.81. The van der Waals surface area contributed by atoms with Crippen LogP contribution in [0.1, 0.15) is 10.5 Å². The van der Waals surface area contributed by atoms with E-state index in [2.05, 4.69) is 15.5 Å². The molecule has 0 saturated carbocycles. The number of aromatic amines is 1. The second-order valence-corrected chi connectivity index (χ2v) is 4.42. The highest BCUT2D eigenvalue weighted by Crippen LogP contribution is 2.11. The number of carbonyl (C=O) groups is 2. The molecule has 0 fully saturated rings. The molecule has 0 aliphatic rings. The van der Waals surface area contributed by atoms with E-state index in [0.29, 0.717) is 10.8 Å². The zero-order valence-electron chi connectivity index (χ0n) is 11.1. The van der Waals surface area contributed by atoms with Gasteiger partial charge < -0.3 is 10.2 Å². The lowest BCUT2D eigenvalue weighted by Gasteiger charge is -2.11. The van der Waals surface area contributed by atoms with Gasteiger partial charge in [-0.3, -0.25) is 14.4 Å². The van der Waals surface area contributed by atoms with Crippen molar-refractivity contribution in [1.29, 1.82) is 0 Å². The molecule has 20 heavy (non-hydrogen) atoms. The Labute approximate surface area is 114 Å². The van der Waals surface area contributed by atoms with E-state index in [9.17, 15) is 14.4 Å². The van der Waals surface area contributed by atoms with Gasteiger partial charge in [0.25, 0.3) is 11.5 Å². The number of benzene rings is 1. The summed E-state index contributed by atoms with van der Waals surface area (Å²) in [6.07, 6.45) is 0. The van der Waals surface area contributed by atoms with Crippen LogP contribution in [0.3, 0.4) is 0 Å². The molecule has 7 heteroatoms. The highest BCUT2D eigenvalue weighted by molar-refractivity contribution is 6.05. The number of hydrogen-bond acceptors (Lipinski definition) is 4. The maximum Gasteiger partial charge on any atom is 0.272 e. The van der Waals surface area contributed by atoms with Gasteiger partial charge in [0.2, 0.25) is 5.91 Å². The number of carbonyl (C=O) groups excluding carboxylic acids is 2. The van der Waals surface area contributed by atoms with Crippen molar-refractivity contribution in [2.75, 3.05) is 20.6 Å². The number of hydrogen-bond donors (Lipinski definition) is 2. The highest BCUT2D eigenvalue weighted by Gasteiger charge is 2.15. The summed E-state index contributed by atoms with van der Waals surface area (Å²) in [5.74, 6) is -0.736. The Hall–Kier alpha value is -2.70. The quantitative estimate of drug-likeness (QED) is 0.806. The number of amides is 2. The summed E-state index contributed by atoms with van der Waals surface area (Å²) in [5.41, 5.74) is -0.270. The SMILES string of the molecule is CN(C)C(=O)CNC(=O)c1n[nH]c(=O)c2ccccc12. The summed E-state index contributed by atoms with van der Waals surface area (Å²) in [4.78, 5) is 36.4. The van der Waals surface area contributed by atoms with Crippen LogP contribution >= 0.6 is 0 Å². The molecule has 7 nitrogen and oxygen atoms in total. The molecule has 2 rings (SSSR count). The number of H-pyrrole nitrogens is 1. The summed E-state index contributed by atoms with van der Waals surface area (Å²) >= 11 is 0. The van der Waals surface area contributed by atoms with Crippen LogP contribution in [0.25, 0.3) is 10.8 Å². The van der Waals surface area contributed by atoms with E-state index in [1.807, 2.05) is 0 Å². The fraction of sp³-hybridized carbons (Fsp3) is 0.231. The van der Waals surface area contributed by atoms with Gasteiger partial charge >= 0.3 is 0 Å². The van der Waals surface area contributed by atoms with E-state index in [1.165, 1.54) is 4.90 Å². The minimum atomic E-state index is -0.507. The molecule has 0 unspecified atom stereocenters. The van der Waals surface area contributed by atoms with Gasteiger partial charge in [0.1, 0.15) is 0 Å². The van der Waals surface area contributed by atoms with Crippen LogP contribution in [0.4, 0.5) is 0 Å². The van der Waals surface area contributed by atoms with E-state index >= 15 is 0 Å². The molecular formula is C13H14N4O3. The van der Waals surface area contributed by atoms with Crippen LogP contribution in [0, 0.1) is 0 Å². The molecular weight excluding hydrogens is 260 g/mol. The van der Waals surface area contributed by atoms with Gasteiger partial charge in [0.05, 0.1) is 11.9 Å².